The molecule has 0 aromatic carbocycles. The Bertz CT molecular complexity index is 1030. The van der Waals surface area contributed by atoms with Gasteiger partial charge in [-0.3, -0.25) is 4.79 Å². The monoisotopic (exact) mass is 502 g/mol. The van der Waals surface area contributed by atoms with Crippen LogP contribution < -0.4 is 0 Å². The SMILES string of the molecule is CC1(C)CCC23CCC4(C)C5(C)CCC6C(C)(CO)C(O)C(O)CC6(C)C5C5OC5C4(OC2=O)C3C1. The number of rotatable bonds is 1. The van der Waals surface area contributed by atoms with E-state index in [2.05, 4.69) is 34.6 Å². The molecule has 5 saturated carbocycles. The molecule has 6 heteroatoms. The first kappa shape index (κ1) is 24.4. The molecule has 1 spiro atoms. The van der Waals surface area contributed by atoms with Gasteiger partial charge >= 0.3 is 5.97 Å². The van der Waals surface area contributed by atoms with Crippen LogP contribution in [0.3, 0.4) is 0 Å². The molecule has 7 fully saturated rings. The molecule has 0 amide bonds. The van der Waals surface area contributed by atoms with Gasteiger partial charge in [-0.25, -0.2) is 0 Å². The van der Waals surface area contributed by atoms with Gasteiger partial charge in [0, 0.05) is 16.7 Å². The molecule has 6 nitrogen and oxygen atoms in total. The zero-order valence-corrected chi connectivity index (χ0v) is 23.0. The van der Waals surface area contributed by atoms with Crippen LogP contribution in [0.15, 0.2) is 0 Å². The van der Waals surface area contributed by atoms with Crippen LogP contribution in [0.25, 0.3) is 0 Å². The molecule has 2 bridgehead atoms. The van der Waals surface area contributed by atoms with Crippen molar-refractivity contribution in [1.82, 2.24) is 0 Å². The Morgan fingerprint density at radius 3 is 2.31 bits per heavy atom. The van der Waals surface area contributed by atoms with Crippen molar-refractivity contribution in [3.8, 4) is 0 Å². The highest BCUT2D eigenvalue weighted by atomic mass is 16.6. The summed E-state index contributed by atoms with van der Waals surface area (Å²) in [6.07, 6.45) is 5.36. The van der Waals surface area contributed by atoms with E-state index < -0.39 is 23.2 Å². The number of aliphatic hydroxyl groups is 3. The first-order valence-electron chi connectivity index (χ1n) is 14.5. The van der Waals surface area contributed by atoms with Gasteiger partial charge in [0.05, 0.1) is 30.3 Å². The Kier molecular flexibility index (Phi) is 4.42. The first-order valence-corrected chi connectivity index (χ1v) is 14.5. The fourth-order valence-electron chi connectivity index (χ4n) is 12.3. The number of hydrogen-bond acceptors (Lipinski definition) is 6. The van der Waals surface area contributed by atoms with Crippen molar-refractivity contribution in [1.29, 1.82) is 0 Å². The van der Waals surface area contributed by atoms with E-state index in [1.165, 1.54) is 0 Å². The highest BCUT2D eigenvalue weighted by Crippen LogP contribution is 2.83. The third kappa shape index (κ3) is 2.29. The zero-order chi connectivity index (χ0) is 25.9. The average molecular weight is 503 g/mol. The van der Waals surface area contributed by atoms with Crippen molar-refractivity contribution in [2.75, 3.05) is 6.61 Å². The van der Waals surface area contributed by atoms with Crippen LogP contribution in [-0.2, 0) is 14.3 Å². The molecular formula is C30H46O6. The van der Waals surface area contributed by atoms with E-state index >= 15 is 0 Å². The minimum atomic E-state index is -0.929. The quantitative estimate of drug-likeness (QED) is 0.372. The van der Waals surface area contributed by atoms with Gasteiger partial charge in [0.2, 0.25) is 0 Å². The molecule has 7 rings (SSSR count). The molecule has 2 heterocycles. The van der Waals surface area contributed by atoms with Crippen molar-refractivity contribution in [3.63, 3.8) is 0 Å². The summed E-state index contributed by atoms with van der Waals surface area (Å²) in [5.74, 6) is 0.504. The molecule has 0 aromatic rings. The van der Waals surface area contributed by atoms with E-state index in [-0.39, 0.29) is 69.6 Å². The molecule has 36 heavy (non-hydrogen) atoms. The molecule has 5 aliphatic carbocycles. The summed E-state index contributed by atoms with van der Waals surface area (Å²) in [4.78, 5) is 13.8. The van der Waals surface area contributed by atoms with Crippen molar-refractivity contribution in [2.45, 2.75) is 123 Å². The number of esters is 1. The Morgan fingerprint density at radius 1 is 0.917 bits per heavy atom. The standard InChI is InChI=1S/C30H46O6/c1-24(2)9-11-29-12-10-28(6)27(5)8-7-17-25(3,13-16(32)21(33)26(17,4)15-31)20(27)19-22(35-19)30(28,18(29)14-24)36-23(29)34/h16-22,31-33H,7-15H2,1-6H3. The number of carbonyl (C=O) groups excluding carboxylic acids is 1. The molecule has 13 atom stereocenters. The Morgan fingerprint density at radius 2 is 1.61 bits per heavy atom. The summed E-state index contributed by atoms with van der Waals surface area (Å²) >= 11 is 0. The largest absolute Gasteiger partial charge is 0.455 e. The fourth-order valence-corrected chi connectivity index (χ4v) is 12.3. The maximum atomic E-state index is 13.8. The average Bonchev–Trinajstić information content (AvgIpc) is 3.55. The van der Waals surface area contributed by atoms with E-state index in [4.69, 9.17) is 9.47 Å². The lowest BCUT2D eigenvalue weighted by atomic mass is 9.30. The van der Waals surface area contributed by atoms with Crippen LogP contribution in [0.1, 0.15) is 92.9 Å². The van der Waals surface area contributed by atoms with Crippen molar-refractivity contribution in [3.05, 3.63) is 0 Å². The summed E-state index contributed by atoms with van der Waals surface area (Å²) in [7, 11) is 0. The molecule has 7 aliphatic rings. The molecule has 0 aromatic heterocycles. The van der Waals surface area contributed by atoms with Crippen molar-refractivity contribution >= 4 is 5.97 Å². The molecule has 2 aliphatic heterocycles. The van der Waals surface area contributed by atoms with E-state index in [9.17, 15) is 20.1 Å². The second-order valence-electron chi connectivity index (χ2n) is 16.0. The number of ether oxygens (including phenoxy) is 2. The Balaban J connectivity index is 1.38. The topological polar surface area (TPSA) is 99.5 Å². The lowest BCUT2D eigenvalue weighted by Gasteiger charge is -2.72. The third-order valence-corrected chi connectivity index (χ3v) is 14.3. The van der Waals surface area contributed by atoms with E-state index in [0.717, 1.165) is 44.9 Å². The van der Waals surface area contributed by atoms with Crippen LogP contribution in [-0.4, -0.2) is 57.9 Å². The van der Waals surface area contributed by atoms with Gasteiger partial charge in [0.15, 0.2) is 5.60 Å². The first-order chi connectivity index (χ1) is 16.7. The molecule has 0 radical (unpaired) electrons. The second kappa shape index (κ2) is 6.54. The third-order valence-electron chi connectivity index (χ3n) is 14.3. The minimum absolute atomic E-state index is 0.00648. The van der Waals surface area contributed by atoms with Gasteiger partial charge in [0.1, 0.15) is 6.10 Å². The van der Waals surface area contributed by atoms with Crippen LogP contribution >= 0.6 is 0 Å². The smallest absolute Gasteiger partial charge is 0.313 e. The summed E-state index contributed by atoms with van der Waals surface area (Å²) < 4.78 is 13.5. The molecule has 3 N–H and O–H groups in total. The lowest BCUT2D eigenvalue weighted by molar-refractivity contribution is -0.287. The number of carbonyl (C=O) groups is 1. The molecule has 2 saturated heterocycles. The Labute approximate surface area is 215 Å². The van der Waals surface area contributed by atoms with Gasteiger partial charge in [-0.05, 0) is 79.4 Å². The second-order valence-corrected chi connectivity index (χ2v) is 16.0. The van der Waals surface area contributed by atoms with Gasteiger partial charge in [-0.2, -0.15) is 0 Å². The number of aliphatic hydroxyl groups excluding tert-OH is 3. The summed E-state index contributed by atoms with van der Waals surface area (Å²) in [5.41, 5.74) is -2.12. The highest BCUT2D eigenvalue weighted by molar-refractivity contribution is 5.82. The predicted molar refractivity (Wildman–Crippen MR) is 133 cm³/mol. The van der Waals surface area contributed by atoms with E-state index in [1.807, 2.05) is 6.92 Å². The van der Waals surface area contributed by atoms with Crippen molar-refractivity contribution in [2.24, 2.45) is 50.2 Å². The van der Waals surface area contributed by atoms with Crippen LogP contribution in [0.4, 0.5) is 0 Å². The highest BCUT2D eigenvalue weighted by Gasteiger charge is 2.89. The van der Waals surface area contributed by atoms with Gasteiger partial charge < -0.3 is 24.8 Å². The summed E-state index contributed by atoms with van der Waals surface area (Å²) in [5, 5.41) is 32.6. The summed E-state index contributed by atoms with van der Waals surface area (Å²) in [6.45, 7) is 13.7. The van der Waals surface area contributed by atoms with Crippen LogP contribution in [0.5, 0.6) is 0 Å². The van der Waals surface area contributed by atoms with Crippen LogP contribution in [0.2, 0.25) is 0 Å². The van der Waals surface area contributed by atoms with Gasteiger partial charge in [0.25, 0.3) is 0 Å². The maximum absolute atomic E-state index is 13.8. The number of epoxide rings is 1. The fraction of sp³-hybridized carbons (Fsp3) is 0.967. The molecule has 202 valence electrons. The molecular weight excluding hydrogens is 456 g/mol. The Hall–Kier alpha value is -0.690. The number of hydrogen-bond donors (Lipinski definition) is 3. The minimum Gasteiger partial charge on any atom is -0.455 e. The lowest BCUT2D eigenvalue weighted by Crippen LogP contribution is -2.75. The number of fused-ring (bicyclic) bond motifs is 6. The van der Waals surface area contributed by atoms with E-state index in [1.54, 1.807) is 0 Å². The van der Waals surface area contributed by atoms with Gasteiger partial charge in [-0.15, -0.1) is 0 Å². The predicted octanol–water partition coefficient (Wildman–Crippen LogP) is 3.84. The maximum Gasteiger partial charge on any atom is 0.313 e. The van der Waals surface area contributed by atoms with Crippen molar-refractivity contribution < 1.29 is 29.6 Å². The summed E-state index contributed by atoms with van der Waals surface area (Å²) in [6, 6.07) is 0. The van der Waals surface area contributed by atoms with Crippen LogP contribution in [0, 0.1) is 50.2 Å². The molecule has 13 unspecified atom stereocenters. The van der Waals surface area contributed by atoms with E-state index in [0.29, 0.717) is 6.42 Å². The van der Waals surface area contributed by atoms with Gasteiger partial charge in [-0.1, -0.05) is 41.5 Å². The zero-order valence-electron chi connectivity index (χ0n) is 23.0. The normalized spacial score (nSPS) is 64.2.